The van der Waals surface area contributed by atoms with Crippen molar-refractivity contribution in [2.75, 3.05) is 44.6 Å². The van der Waals surface area contributed by atoms with Crippen LogP contribution in [0.5, 0.6) is 0 Å². The monoisotopic (exact) mass is 560 g/mol. The average molecular weight is 561 g/mol. The summed E-state index contributed by atoms with van der Waals surface area (Å²) in [7, 11) is 0. The molecule has 3 aliphatic rings. The Hall–Kier alpha value is -2.90. The van der Waals surface area contributed by atoms with Gasteiger partial charge in [0.05, 0.1) is 0 Å². The molecule has 0 unspecified atom stereocenters. The highest BCUT2D eigenvalue weighted by Crippen LogP contribution is 2.38. The number of nitrogens with one attached hydrogen (secondary N) is 1. The van der Waals surface area contributed by atoms with E-state index >= 15 is 0 Å². The van der Waals surface area contributed by atoms with Crippen LogP contribution in [0.15, 0.2) is 60.7 Å². The number of carbonyl (C=O) groups is 2. The summed E-state index contributed by atoms with van der Waals surface area (Å²) in [5.74, 6) is 0.355. The van der Waals surface area contributed by atoms with E-state index in [2.05, 4.69) is 52.4 Å². The Morgan fingerprint density at radius 1 is 0.927 bits per heavy atom. The lowest BCUT2D eigenvalue weighted by Crippen LogP contribution is -2.50. The number of likely N-dealkylation sites (tertiary alicyclic amines) is 2. The molecule has 2 aromatic rings. The number of carboxylic acid groups (broad SMARTS) is 1. The molecule has 0 spiro atoms. The van der Waals surface area contributed by atoms with Gasteiger partial charge in [-0.15, -0.1) is 0 Å². The number of amides is 2. The number of anilines is 1. The van der Waals surface area contributed by atoms with E-state index in [0.717, 1.165) is 89.9 Å². The number of benzene rings is 2. The van der Waals surface area contributed by atoms with Crippen molar-refractivity contribution in [1.29, 1.82) is 0 Å². The molecular weight excluding hydrogens is 512 g/mol. The maximum atomic E-state index is 13.2. The van der Waals surface area contributed by atoms with Crippen LogP contribution in [0.2, 0.25) is 0 Å². The van der Waals surface area contributed by atoms with E-state index in [-0.39, 0.29) is 24.0 Å². The highest BCUT2D eigenvalue weighted by atomic mass is 16.4. The first-order valence-corrected chi connectivity index (χ1v) is 15.9. The molecule has 1 saturated carbocycles. The molecule has 3 atom stereocenters. The van der Waals surface area contributed by atoms with Crippen LogP contribution in [-0.4, -0.2) is 83.2 Å². The number of rotatable bonds is 10. The second kappa shape index (κ2) is 14.3. The number of aliphatic carboxylic acids is 1. The van der Waals surface area contributed by atoms with E-state index in [9.17, 15) is 14.7 Å². The summed E-state index contributed by atoms with van der Waals surface area (Å²) < 4.78 is 0. The summed E-state index contributed by atoms with van der Waals surface area (Å²) in [6, 6.07) is 20.3. The Labute approximate surface area is 245 Å². The third-order valence-electron chi connectivity index (χ3n) is 9.68. The molecule has 1 aliphatic carbocycles. The molecule has 2 aromatic carbocycles. The van der Waals surface area contributed by atoms with Gasteiger partial charge < -0.3 is 20.2 Å². The van der Waals surface area contributed by atoms with Gasteiger partial charge >= 0.3 is 12.0 Å². The molecule has 2 N–H and O–H groups in total. The summed E-state index contributed by atoms with van der Waals surface area (Å²) in [6.07, 6.45) is 8.48. The quantitative estimate of drug-likeness (QED) is 0.365. The third kappa shape index (κ3) is 7.49. The molecule has 3 fully saturated rings. The Balaban J connectivity index is 1.23. The predicted molar refractivity (Wildman–Crippen MR) is 164 cm³/mol. The molecule has 0 bridgehead atoms. The fourth-order valence-electron chi connectivity index (χ4n) is 7.65. The lowest BCUT2D eigenvalue weighted by molar-refractivity contribution is -0.145. The second-order valence-corrected chi connectivity index (χ2v) is 12.4. The summed E-state index contributed by atoms with van der Waals surface area (Å²) in [6.45, 7) is 7.46. The van der Waals surface area contributed by atoms with Crippen LogP contribution in [0.25, 0.3) is 0 Å². The fraction of sp³-hybridized carbons (Fsp3) is 0.588. The van der Waals surface area contributed by atoms with Gasteiger partial charge in [-0.1, -0.05) is 74.7 Å². The first-order chi connectivity index (χ1) is 20.0. The van der Waals surface area contributed by atoms with Crippen LogP contribution in [0.1, 0.15) is 69.8 Å². The largest absolute Gasteiger partial charge is 0.480 e. The zero-order chi connectivity index (χ0) is 28.6. The maximum Gasteiger partial charge on any atom is 0.322 e. The molecule has 7 nitrogen and oxygen atoms in total. The molecule has 5 rings (SSSR count). The Morgan fingerprint density at radius 3 is 2.22 bits per heavy atom. The minimum Gasteiger partial charge on any atom is -0.480 e. The molecule has 2 aliphatic heterocycles. The van der Waals surface area contributed by atoms with Gasteiger partial charge in [0.2, 0.25) is 0 Å². The van der Waals surface area contributed by atoms with Gasteiger partial charge in [0.1, 0.15) is 6.04 Å². The van der Waals surface area contributed by atoms with Crippen molar-refractivity contribution in [3.63, 3.8) is 0 Å². The highest BCUT2D eigenvalue weighted by molar-refractivity contribution is 5.89. The van der Waals surface area contributed by atoms with E-state index in [1.807, 2.05) is 35.2 Å². The van der Waals surface area contributed by atoms with Crippen molar-refractivity contribution in [1.82, 2.24) is 14.7 Å². The van der Waals surface area contributed by atoms with Gasteiger partial charge in [0, 0.05) is 56.9 Å². The molecule has 7 heteroatoms. The van der Waals surface area contributed by atoms with Gasteiger partial charge in [-0.3, -0.25) is 9.69 Å². The van der Waals surface area contributed by atoms with E-state index < -0.39 is 5.97 Å². The third-order valence-corrected chi connectivity index (χ3v) is 9.68. The van der Waals surface area contributed by atoms with Crippen LogP contribution in [0.3, 0.4) is 0 Å². The molecule has 41 heavy (non-hydrogen) atoms. The number of hydrogen-bond acceptors (Lipinski definition) is 4. The number of piperidine rings is 1. The standard InChI is InChI=1S/C34H48N4O3/c1-2-20-38(34(41)35-29-16-10-5-11-17-29)30-18-21-36(22-19-30)23-28-24-37(25-31(28)26-12-6-3-7-13-26)32(33(39)40)27-14-8-4-9-15-27/h3,5-7,10-13,16-17,27-28,30-32H,2,4,8-9,14-15,18-25H2,1H3,(H,35,41)(H,39,40)/t28-,31+,32+/m0/s1. The summed E-state index contributed by atoms with van der Waals surface area (Å²) in [4.78, 5) is 32.7. The number of urea groups is 1. The highest BCUT2D eigenvalue weighted by Gasteiger charge is 2.43. The molecular formula is C34H48N4O3. The van der Waals surface area contributed by atoms with Gasteiger partial charge in [0.15, 0.2) is 0 Å². The van der Waals surface area contributed by atoms with Crippen molar-refractivity contribution in [2.45, 2.75) is 76.3 Å². The van der Waals surface area contributed by atoms with Gasteiger partial charge in [-0.25, -0.2) is 4.79 Å². The van der Waals surface area contributed by atoms with Crippen molar-refractivity contribution in [3.05, 3.63) is 66.2 Å². The topological polar surface area (TPSA) is 76.1 Å². The Morgan fingerprint density at radius 2 is 1.59 bits per heavy atom. The first-order valence-electron chi connectivity index (χ1n) is 15.9. The van der Waals surface area contributed by atoms with Gasteiger partial charge in [-0.05, 0) is 61.6 Å². The zero-order valence-electron chi connectivity index (χ0n) is 24.7. The minimum absolute atomic E-state index is 0.00509. The lowest BCUT2D eigenvalue weighted by atomic mass is 9.83. The molecule has 2 saturated heterocycles. The predicted octanol–water partition coefficient (Wildman–Crippen LogP) is 6.14. The molecule has 0 radical (unpaired) electrons. The maximum absolute atomic E-state index is 13.2. The SMILES string of the molecule is CCCN(C(=O)Nc1ccccc1)C1CCN(C[C@H]2CN([C@@H](C(=O)O)C3CCCCC3)C[C@@H]2c2ccccc2)CC1. The van der Waals surface area contributed by atoms with E-state index in [0.29, 0.717) is 11.8 Å². The van der Waals surface area contributed by atoms with Crippen LogP contribution >= 0.6 is 0 Å². The zero-order valence-corrected chi connectivity index (χ0v) is 24.7. The van der Waals surface area contributed by atoms with Crippen molar-refractivity contribution < 1.29 is 14.7 Å². The Bertz CT molecular complexity index is 1100. The normalized spacial score (nSPS) is 23.7. The minimum atomic E-state index is -0.644. The fourth-order valence-corrected chi connectivity index (χ4v) is 7.65. The first kappa shape index (κ1) is 29.6. The number of carbonyl (C=O) groups excluding carboxylic acids is 1. The summed E-state index contributed by atoms with van der Waals surface area (Å²) >= 11 is 0. The van der Waals surface area contributed by atoms with Crippen molar-refractivity contribution in [3.8, 4) is 0 Å². The Kier molecular flexibility index (Phi) is 10.3. The van der Waals surface area contributed by atoms with E-state index in [4.69, 9.17) is 0 Å². The van der Waals surface area contributed by atoms with Crippen molar-refractivity contribution in [2.24, 2.45) is 11.8 Å². The molecule has 222 valence electrons. The van der Waals surface area contributed by atoms with Crippen LogP contribution < -0.4 is 5.32 Å². The van der Waals surface area contributed by atoms with E-state index in [1.165, 1.54) is 12.0 Å². The molecule has 0 aromatic heterocycles. The number of nitrogens with zero attached hydrogens (tertiary/aromatic N) is 3. The van der Waals surface area contributed by atoms with Gasteiger partial charge in [0.25, 0.3) is 0 Å². The van der Waals surface area contributed by atoms with Crippen LogP contribution in [0, 0.1) is 11.8 Å². The van der Waals surface area contributed by atoms with E-state index in [1.54, 1.807) is 0 Å². The van der Waals surface area contributed by atoms with Crippen molar-refractivity contribution >= 4 is 17.7 Å². The smallest absolute Gasteiger partial charge is 0.322 e. The second-order valence-electron chi connectivity index (χ2n) is 12.4. The summed E-state index contributed by atoms with van der Waals surface area (Å²) in [5, 5.41) is 13.4. The summed E-state index contributed by atoms with van der Waals surface area (Å²) in [5.41, 5.74) is 2.16. The number of para-hydroxylation sites is 1. The average Bonchev–Trinajstić information content (AvgIpc) is 3.40. The molecule has 2 amide bonds. The molecule has 2 heterocycles. The van der Waals surface area contributed by atoms with Crippen LogP contribution in [-0.2, 0) is 4.79 Å². The van der Waals surface area contributed by atoms with Crippen LogP contribution in [0.4, 0.5) is 10.5 Å². The number of hydrogen-bond donors (Lipinski definition) is 2. The number of carboxylic acids is 1. The van der Waals surface area contributed by atoms with Gasteiger partial charge in [-0.2, -0.15) is 0 Å². The lowest BCUT2D eigenvalue weighted by Gasteiger charge is -2.39.